The van der Waals surface area contributed by atoms with Crippen LogP contribution in [0.1, 0.15) is 17.6 Å². The van der Waals surface area contributed by atoms with Gasteiger partial charge in [-0.15, -0.1) is 0 Å². The molecule has 5 nitrogen and oxygen atoms in total. The second-order valence-electron chi connectivity index (χ2n) is 4.23. The second kappa shape index (κ2) is 4.84. The lowest BCUT2D eigenvalue weighted by atomic mass is 10.2. The van der Waals surface area contributed by atoms with E-state index in [0.29, 0.717) is 24.0 Å². The lowest BCUT2D eigenvalue weighted by Crippen LogP contribution is -2.24. The fourth-order valence-corrected chi connectivity index (χ4v) is 2.14. The highest BCUT2D eigenvalue weighted by Gasteiger charge is 2.25. The molecular weight excluding hydrogens is 357 g/mol. The Bertz CT molecular complexity index is 610. The number of hydrogen-bond donors (Lipinski definition) is 1. The molecule has 98 valence electrons. The Balaban J connectivity index is 1.93. The van der Waals surface area contributed by atoms with Gasteiger partial charge in [0.05, 0.1) is 9.26 Å². The van der Waals surface area contributed by atoms with Crippen molar-refractivity contribution in [3.8, 4) is 11.5 Å². The van der Waals surface area contributed by atoms with Gasteiger partial charge in [-0.2, -0.15) is 0 Å². The van der Waals surface area contributed by atoms with Gasteiger partial charge in [-0.05, 0) is 41.6 Å². The summed E-state index contributed by atoms with van der Waals surface area (Å²) in [6.07, 6.45) is -0.326. The van der Waals surface area contributed by atoms with Crippen molar-refractivity contribution in [2.24, 2.45) is 0 Å². The number of anilines is 1. The summed E-state index contributed by atoms with van der Waals surface area (Å²) in [5.41, 5.74) is 6.72. The third kappa shape index (κ3) is 2.32. The minimum atomic E-state index is -0.326. The number of rotatable bonds is 1. The summed E-state index contributed by atoms with van der Waals surface area (Å²) < 4.78 is 12.4. The van der Waals surface area contributed by atoms with Crippen molar-refractivity contribution in [2.45, 2.75) is 13.0 Å². The van der Waals surface area contributed by atoms with E-state index in [1.165, 1.54) is 0 Å². The van der Waals surface area contributed by atoms with E-state index in [0.717, 1.165) is 15.0 Å². The molecule has 1 aromatic heterocycles. The first kappa shape index (κ1) is 12.5. The summed E-state index contributed by atoms with van der Waals surface area (Å²) >= 11 is 2.13. The average Bonchev–Trinajstić information content (AvgIpc) is 2.43. The van der Waals surface area contributed by atoms with Gasteiger partial charge in [-0.1, -0.05) is 12.1 Å². The number of nitrogen functional groups attached to an aromatic ring is 1. The number of benzene rings is 1. The molecule has 0 saturated carbocycles. The molecule has 0 aliphatic carbocycles. The number of hydrogen-bond acceptors (Lipinski definition) is 5. The molecule has 2 aromatic rings. The molecule has 2 N–H and O–H groups in total. The lowest BCUT2D eigenvalue weighted by molar-refractivity contribution is 0.0850. The maximum Gasteiger partial charge on any atom is 0.192 e. The van der Waals surface area contributed by atoms with Crippen molar-refractivity contribution in [3.63, 3.8) is 0 Å². The van der Waals surface area contributed by atoms with Gasteiger partial charge in [0.25, 0.3) is 0 Å². The summed E-state index contributed by atoms with van der Waals surface area (Å²) in [5, 5.41) is 0. The van der Waals surface area contributed by atoms with E-state index in [1.807, 2.05) is 31.2 Å². The van der Waals surface area contributed by atoms with Gasteiger partial charge in [0, 0.05) is 0 Å². The molecule has 1 aliphatic heterocycles. The molecule has 0 fully saturated rings. The van der Waals surface area contributed by atoms with Crippen molar-refractivity contribution in [3.05, 3.63) is 39.4 Å². The minimum Gasteiger partial charge on any atom is -0.485 e. The summed E-state index contributed by atoms with van der Waals surface area (Å²) in [6.45, 7) is 2.29. The predicted octanol–water partition coefficient (Wildman–Crippen LogP) is 2.48. The molecule has 1 aromatic carbocycles. The summed E-state index contributed by atoms with van der Waals surface area (Å²) in [4.78, 5) is 8.71. The first-order valence-electron chi connectivity index (χ1n) is 5.83. The van der Waals surface area contributed by atoms with Crippen LogP contribution in [0.25, 0.3) is 0 Å². The van der Waals surface area contributed by atoms with E-state index in [2.05, 4.69) is 32.6 Å². The van der Waals surface area contributed by atoms with Crippen molar-refractivity contribution >= 4 is 28.4 Å². The molecular formula is C13H12IN3O2. The smallest absolute Gasteiger partial charge is 0.192 e. The van der Waals surface area contributed by atoms with E-state index in [1.54, 1.807) is 0 Å². The topological polar surface area (TPSA) is 70.3 Å². The maximum atomic E-state index is 5.87. The Labute approximate surface area is 124 Å². The highest BCUT2D eigenvalue weighted by atomic mass is 127. The standard InChI is InChI=1S/C13H12IN3O2/c1-7-11(14)12(15)17-13(16-7)10-6-18-8-4-2-3-5-9(8)19-10/h2-5,10H,6H2,1H3,(H2,15,16,17). The zero-order valence-electron chi connectivity index (χ0n) is 10.3. The van der Waals surface area contributed by atoms with E-state index >= 15 is 0 Å². The van der Waals surface area contributed by atoms with Crippen LogP contribution in [-0.4, -0.2) is 16.6 Å². The summed E-state index contributed by atoms with van der Waals surface area (Å²) in [7, 11) is 0. The van der Waals surface area contributed by atoms with Crippen molar-refractivity contribution in [1.82, 2.24) is 9.97 Å². The first-order chi connectivity index (χ1) is 9.15. The predicted molar refractivity (Wildman–Crippen MR) is 79.2 cm³/mol. The normalized spacial score (nSPS) is 17.3. The van der Waals surface area contributed by atoms with Gasteiger partial charge in [-0.3, -0.25) is 0 Å². The van der Waals surface area contributed by atoms with Crippen molar-refractivity contribution in [2.75, 3.05) is 12.3 Å². The van der Waals surface area contributed by atoms with E-state index in [4.69, 9.17) is 15.2 Å². The minimum absolute atomic E-state index is 0.326. The fourth-order valence-electron chi connectivity index (χ4n) is 1.89. The second-order valence-corrected chi connectivity index (χ2v) is 5.31. The molecule has 1 unspecified atom stereocenters. The highest BCUT2D eigenvalue weighted by Crippen LogP contribution is 2.35. The van der Waals surface area contributed by atoms with Crippen LogP contribution < -0.4 is 15.2 Å². The number of nitrogens with two attached hydrogens (primary N) is 1. The van der Waals surface area contributed by atoms with Crippen LogP contribution in [0.3, 0.4) is 0 Å². The van der Waals surface area contributed by atoms with Crippen LogP contribution in [-0.2, 0) is 0 Å². The SMILES string of the molecule is Cc1nc(C2COc3ccccc3O2)nc(N)c1I. The lowest BCUT2D eigenvalue weighted by Gasteiger charge is -2.25. The van der Waals surface area contributed by atoms with Crippen LogP contribution in [0.2, 0.25) is 0 Å². The van der Waals surface area contributed by atoms with Gasteiger partial charge in [0.15, 0.2) is 23.4 Å². The Hall–Kier alpha value is -1.57. The third-order valence-electron chi connectivity index (χ3n) is 2.86. The van der Waals surface area contributed by atoms with Crippen LogP contribution >= 0.6 is 22.6 Å². The fraction of sp³-hybridized carbons (Fsp3) is 0.231. The van der Waals surface area contributed by atoms with Gasteiger partial charge < -0.3 is 15.2 Å². The Kier molecular flexibility index (Phi) is 3.17. The number of aromatic nitrogens is 2. The zero-order valence-corrected chi connectivity index (χ0v) is 12.4. The van der Waals surface area contributed by atoms with Crippen LogP contribution in [0.4, 0.5) is 5.82 Å². The Morgan fingerprint density at radius 3 is 2.74 bits per heavy atom. The quantitative estimate of drug-likeness (QED) is 0.783. The van der Waals surface area contributed by atoms with Gasteiger partial charge in [0.2, 0.25) is 0 Å². The molecule has 0 amide bonds. The van der Waals surface area contributed by atoms with Gasteiger partial charge in [0.1, 0.15) is 12.4 Å². The number of halogens is 1. The maximum absolute atomic E-state index is 5.87. The number of para-hydroxylation sites is 2. The molecule has 0 bridgehead atoms. The van der Waals surface area contributed by atoms with E-state index in [-0.39, 0.29) is 6.10 Å². The average molecular weight is 369 g/mol. The Morgan fingerprint density at radius 1 is 1.26 bits per heavy atom. The summed E-state index contributed by atoms with van der Waals surface area (Å²) in [5.74, 6) is 2.49. The monoisotopic (exact) mass is 369 g/mol. The van der Waals surface area contributed by atoms with Crippen LogP contribution in [0.5, 0.6) is 11.5 Å². The largest absolute Gasteiger partial charge is 0.485 e. The highest BCUT2D eigenvalue weighted by molar-refractivity contribution is 14.1. The van der Waals surface area contributed by atoms with Crippen molar-refractivity contribution < 1.29 is 9.47 Å². The molecule has 1 aliphatic rings. The van der Waals surface area contributed by atoms with Crippen molar-refractivity contribution in [1.29, 1.82) is 0 Å². The van der Waals surface area contributed by atoms with Gasteiger partial charge >= 0.3 is 0 Å². The van der Waals surface area contributed by atoms with Crippen LogP contribution in [0.15, 0.2) is 24.3 Å². The van der Waals surface area contributed by atoms with E-state index < -0.39 is 0 Å². The third-order valence-corrected chi connectivity index (χ3v) is 4.19. The number of aryl methyl sites for hydroxylation is 1. The molecule has 1 atom stereocenters. The molecule has 3 rings (SSSR count). The molecule has 0 saturated heterocycles. The van der Waals surface area contributed by atoms with Gasteiger partial charge in [-0.25, -0.2) is 9.97 Å². The Morgan fingerprint density at radius 2 is 2.00 bits per heavy atom. The summed E-state index contributed by atoms with van der Waals surface area (Å²) in [6, 6.07) is 7.55. The van der Waals surface area contributed by atoms with Crippen LogP contribution in [0, 0.1) is 10.5 Å². The molecule has 0 spiro atoms. The zero-order chi connectivity index (χ0) is 13.4. The molecule has 6 heteroatoms. The number of ether oxygens (including phenoxy) is 2. The number of nitrogens with zero attached hydrogens (tertiary/aromatic N) is 2. The number of fused-ring (bicyclic) bond motifs is 1. The molecule has 2 heterocycles. The molecule has 0 radical (unpaired) electrons. The first-order valence-corrected chi connectivity index (χ1v) is 6.91. The van der Waals surface area contributed by atoms with E-state index in [9.17, 15) is 0 Å². The molecule has 19 heavy (non-hydrogen) atoms.